The van der Waals surface area contributed by atoms with Crippen molar-refractivity contribution in [2.75, 3.05) is 43.1 Å². The molecule has 0 atom stereocenters. The molecule has 1 saturated heterocycles. The van der Waals surface area contributed by atoms with Crippen LogP contribution >= 0.6 is 0 Å². The molecule has 2 aromatic rings. The number of benzene rings is 2. The third-order valence-electron chi connectivity index (χ3n) is 4.25. The second kappa shape index (κ2) is 6.71. The number of ether oxygens (including phenoxy) is 1. The number of rotatable bonds is 4. The monoisotopic (exact) mass is 297 g/mol. The van der Waals surface area contributed by atoms with Gasteiger partial charge >= 0.3 is 0 Å². The van der Waals surface area contributed by atoms with Gasteiger partial charge in [-0.2, -0.15) is 0 Å². The summed E-state index contributed by atoms with van der Waals surface area (Å²) < 4.78 is 5.21. The largest absolute Gasteiger partial charge is 0.497 e. The fraction of sp³-hybridized carbons (Fsp3) is 0.333. The molecule has 2 aromatic carbocycles. The van der Waals surface area contributed by atoms with Crippen molar-refractivity contribution in [2.45, 2.75) is 6.54 Å². The smallest absolute Gasteiger partial charge is 0.119 e. The molecule has 0 spiro atoms. The summed E-state index contributed by atoms with van der Waals surface area (Å²) in [4.78, 5) is 4.85. The minimum absolute atomic E-state index is 0.603. The van der Waals surface area contributed by atoms with Crippen molar-refractivity contribution in [3.8, 4) is 5.75 Å². The molecule has 0 unspecified atom stereocenters. The summed E-state index contributed by atoms with van der Waals surface area (Å²) >= 11 is 0. The van der Waals surface area contributed by atoms with Gasteiger partial charge in [0, 0.05) is 44.1 Å². The van der Waals surface area contributed by atoms with Gasteiger partial charge in [-0.3, -0.25) is 0 Å². The number of hydrogen-bond acceptors (Lipinski definition) is 4. The minimum atomic E-state index is 0.603. The predicted octanol–water partition coefficient (Wildman–Crippen LogP) is 2.48. The first kappa shape index (κ1) is 14.7. The standard InChI is InChI=1S/C18H23N3O/c1-22-18-8-6-17(7-9-18)21-12-10-20(11-13-21)16-4-2-15(14-19)3-5-16/h2-9H,10-14,19H2,1H3. The van der Waals surface area contributed by atoms with Crippen molar-refractivity contribution in [2.24, 2.45) is 5.73 Å². The quantitative estimate of drug-likeness (QED) is 0.941. The van der Waals surface area contributed by atoms with Crippen molar-refractivity contribution in [3.05, 3.63) is 54.1 Å². The lowest BCUT2D eigenvalue weighted by molar-refractivity contribution is 0.415. The van der Waals surface area contributed by atoms with Gasteiger partial charge in [0.05, 0.1) is 7.11 Å². The Kier molecular flexibility index (Phi) is 4.49. The molecule has 0 bridgehead atoms. The average Bonchev–Trinajstić information content (AvgIpc) is 2.62. The molecule has 0 aromatic heterocycles. The zero-order valence-electron chi connectivity index (χ0n) is 13.0. The van der Waals surface area contributed by atoms with Gasteiger partial charge in [-0.05, 0) is 42.0 Å². The van der Waals surface area contributed by atoms with Crippen LogP contribution in [0.25, 0.3) is 0 Å². The molecule has 116 valence electrons. The molecule has 3 rings (SSSR count). The Labute approximate surface area is 132 Å². The maximum Gasteiger partial charge on any atom is 0.119 e. The Balaban J connectivity index is 1.61. The highest BCUT2D eigenvalue weighted by Crippen LogP contribution is 2.23. The fourth-order valence-corrected chi connectivity index (χ4v) is 2.86. The Bertz CT molecular complexity index is 531. The lowest BCUT2D eigenvalue weighted by Crippen LogP contribution is -2.46. The molecule has 4 nitrogen and oxygen atoms in total. The second-order valence-corrected chi connectivity index (χ2v) is 5.54. The number of piperazine rings is 1. The van der Waals surface area contributed by atoms with Crippen LogP contribution in [0.3, 0.4) is 0 Å². The molecular formula is C18H23N3O. The summed E-state index contributed by atoms with van der Waals surface area (Å²) in [5.41, 5.74) is 9.38. The summed E-state index contributed by atoms with van der Waals surface area (Å²) in [6.07, 6.45) is 0. The number of anilines is 2. The third kappa shape index (κ3) is 3.17. The van der Waals surface area contributed by atoms with Crippen LogP contribution < -0.4 is 20.3 Å². The zero-order chi connectivity index (χ0) is 15.4. The van der Waals surface area contributed by atoms with Crippen LogP contribution in [0.4, 0.5) is 11.4 Å². The van der Waals surface area contributed by atoms with Gasteiger partial charge in [0.1, 0.15) is 5.75 Å². The molecule has 22 heavy (non-hydrogen) atoms. The van der Waals surface area contributed by atoms with Crippen LogP contribution in [-0.4, -0.2) is 33.3 Å². The Morgan fingerprint density at radius 3 is 1.68 bits per heavy atom. The van der Waals surface area contributed by atoms with Crippen LogP contribution in [0.2, 0.25) is 0 Å². The highest BCUT2D eigenvalue weighted by Gasteiger charge is 2.17. The highest BCUT2D eigenvalue weighted by atomic mass is 16.5. The number of methoxy groups -OCH3 is 1. The second-order valence-electron chi connectivity index (χ2n) is 5.54. The Hall–Kier alpha value is -2.20. The van der Waals surface area contributed by atoms with Gasteiger partial charge in [-0.25, -0.2) is 0 Å². The summed E-state index contributed by atoms with van der Waals surface area (Å²) in [5.74, 6) is 0.905. The topological polar surface area (TPSA) is 41.7 Å². The van der Waals surface area contributed by atoms with E-state index in [-0.39, 0.29) is 0 Å². The molecular weight excluding hydrogens is 274 g/mol. The van der Waals surface area contributed by atoms with E-state index in [0.717, 1.165) is 31.9 Å². The van der Waals surface area contributed by atoms with E-state index in [2.05, 4.69) is 46.2 Å². The van der Waals surface area contributed by atoms with Gasteiger partial charge in [-0.1, -0.05) is 12.1 Å². The van der Waals surface area contributed by atoms with E-state index in [0.29, 0.717) is 6.54 Å². The molecule has 1 aliphatic heterocycles. The molecule has 0 saturated carbocycles. The molecule has 2 N–H and O–H groups in total. The zero-order valence-corrected chi connectivity index (χ0v) is 13.0. The maximum atomic E-state index is 5.65. The van der Waals surface area contributed by atoms with Crippen molar-refractivity contribution < 1.29 is 4.74 Å². The van der Waals surface area contributed by atoms with Gasteiger partial charge < -0.3 is 20.3 Å². The van der Waals surface area contributed by atoms with Crippen LogP contribution in [0, 0.1) is 0 Å². The fourth-order valence-electron chi connectivity index (χ4n) is 2.86. The van der Waals surface area contributed by atoms with Crippen LogP contribution in [0.1, 0.15) is 5.56 Å². The number of nitrogens with two attached hydrogens (primary N) is 1. The van der Waals surface area contributed by atoms with E-state index in [4.69, 9.17) is 10.5 Å². The van der Waals surface area contributed by atoms with Crippen LogP contribution in [-0.2, 0) is 6.54 Å². The Morgan fingerprint density at radius 2 is 1.27 bits per heavy atom. The van der Waals surface area contributed by atoms with Crippen molar-refractivity contribution in [1.29, 1.82) is 0 Å². The van der Waals surface area contributed by atoms with Crippen LogP contribution in [0.5, 0.6) is 5.75 Å². The number of nitrogens with zero attached hydrogens (tertiary/aromatic N) is 2. The summed E-state index contributed by atoms with van der Waals surface area (Å²) in [5, 5.41) is 0. The maximum absolute atomic E-state index is 5.65. The van der Waals surface area contributed by atoms with Gasteiger partial charge in [-0.15, -0.1) is 0 Å². The molecule has 0 aliphatic carbocycles. The van der Waals surface area contributed by atoms with Gasteiger partial charge in [0.25, 0.3) is 0 Å². The van der Waals surface area contributed by atoms with Crippen molar-refractivity contribution in [3.63, 3.8) is 0 Å². The summed E-state index contributed by atoms with van der Waals surface area (Å²) in [6, 6.07) is 16.9. The summed E-state index contributed by atoms with van der Waals surface area (Å²) in [7, 11) is 1.70. The first-order valence-corrected chi connectivity index (χ1v) is 7.73. The normalized spacial score (nSPS) is 15.0. The van der Waals surface area contributed by atoms with Gasteiger partial charge in [0.2, 0.25) is 0 Å². The molecule has 1 heterocycles. The lowest BCUT2D eigenvalue weighted by Gasteiger charge is -2.37. The van der Waals surface area contributed by atoms with Crippen molar-refractivity contribution in [1.82, 2.24) is 0 Å². The summed E-state index contributed by atoms with van der Waals surface area (Å²) in [6.45, 7) is 4.74. The molecule has 0 amide bonds. The van der Waals surface area contributed by atoms with E-state index in [1.807, 2.05) is 12.1 Å². The molecule has 4 heteroatoms. The van der Waals surface area contributed by atoms with Crippen molar-refractivity contribution >= 4 is 11.4 Å². The first-order valence-electron chi connectivity index (χ1n) is 7.73. The lowest BCUT2D eigenvalue weighted by atomic mass is 10.1. The SMILES string of the molecule is COc1ccc(N2CCN(c3ccc(CN)cc3)CC2)cc1. The van der Waals surface area contributed by atoms with Crippen LogP contribution in [0.15, 0.2) is 48.5 Å². The molecule has 1 fully saturated rings. The Morgan fingerprint density at radius 1 is 0.818 bits per heavy atom. The predicted molar refractivity (Wildman–Crippen MR) is 91.8 cm³/mol. The van der Waals surface area contributed by atoms with E-state index < -0.39 is 0 Å². The minimum Gasteiger partial charge on any atom is -0.497 e. The first-order chi connectivity index (χ1) is 10.8. The highest BCUT2D eigenvalue weighted by molar-refractivity contribution is 5.53. The van der Waals surface area contributed by atoms with E-state index in [1.165, 1.54) is 16.9 Å². The van der Waals surface area contributed by atoms with E-state index in [1.54, 1.807) is 7.11 Å². The van der Waals surface area contributed by atoms with E-state index in [9.17, 15) is 0 Å². The number of hydrogen-bond donors (Lipinski definition) is 1. The van der Waals surface area contributed by atoms with Gasteiger partial charge in [0.15, 0.2) is 0 Å². The molecule has 1 aliphatic rings. The average molecular weight is 297 g/mol. The molecule has 0 radical (unpaired) electrons. The van der Waals surface area contributed by atoms with E-state index >= 15 is 0 Å². The third-order valence-corrected chi connectivity index (χ3v) is 4.25.